The van der Waals surface area contributed by atoms with Gasteiger partial charge in [-0.1, -0.05) is 6.07 Å². The Hall–Kier alpha value is -2.96. The fraction of sp³-hybridized carbons (Fsp3) is 0.368. The van der Waals surface area contributed by atoms with E-state index in [1.165, 1.54) is 6.33 Å². The first-order valence-electron chi connectivity index (χ1n) is 8.71. The van der Waals surface area contributed by atoms with E-state index in [9.17, 15) is 4.79 Å². The molecule has 1 amide bonds. The Balaban J connectivity index is 1.90. The number of nitrogens with zero attached hydrogens (tertiary/aromatic N) is 5. The molecule has 2 aromatic heterocycles. The molecule has 0 atom stereocenters. The average molecular weight is 353 g/mol. The predicted molar refractivity (Wildman–Crippen MR) is 99.6 cm³/mol. The first-order chi connectivity index (χ1) is 12.5. The lowest BCUT2D eigenvalue weighted by atomic mass is 10.1. The Labute approximate surface area is 152 Å². The van der Waals surface area contributed by atoms with Crippen molar-refractivity contribution in [3.05, 3.63) is 41.9 Å². The van der Waals surface area contributed by atoms with Crippen LogP contribution in [-0.2, 0) is 4.79 Å². The van der Waals surface area contributed by atoms with Crippen LogP contribution in [0, 0.1) is 13.8 Å². The lowest BCUT2D eigenvalue weighted by Gasteiger charge is -2.18. The molecule has 0 aliphatic heterocycles. The van der Waals surface area contributed by atoms with Crippen molar-refractivity contribution >= 4 is 16.9 Å². The van der Waals surface area contributed by atoms with Crippen LogP contribution in [0.25, 0.3) is 16.7 Å². The molecular weight excluding hydrogens is 330 g/mol. The van der Waals surface area contributed by atoms with Crippen molar-refractivity contribution in [2.75, 3.05) is 19.7 Å². The topological polar surface area (TPSA) is 73.1 Å². The van der Waals surface area contributed by atoms with E-state index in [1.54, 1.807) is 15.8 Å². The minimum Gasteiger partial charge on any atom is -0.467 e. The van der Waals surface area contributed by atoms with E-state index in [2.05, 4.69) is 21.1 Å². The molecule has 0 saturated heterocycles. The van der Waals surface area contributed by atoms with Gasteiger partial charge in [0.25, 0.3) is 5.91 Å². The number of hydrogen-bond donors (Lipinski definition) is 0. The first kappa shape index (κ1) is 17.8. The number of rotatable bonds is 6. The van der Waals surface area contributed by atoms with Gasteiger partial charge in [-0.3, -0.25) is 4.79 Å². The molecule has 0 N–H and O–H groups in total. The van der Waals surface area contributed by atoms with E-state index in [-0.39, 0.29) is 12.5 Å². The standard InChI is InChI=1S/C19H23N5O2/c1-5-23(6-2)17(25)11-26-19-16-10-22-24(18(16)20-12-21-19)15-8-13(3)7-14(4)9-15/h7-10,12H,5-6,11H2,1-4H3. The van der Waals surface area contributed by atoms with Crippen molar-refractivity contribution in [2.45, 2.75) is 27.7 Å². The van der Waals surface area contributed by atoms with Crippen molar-refractivity contribution in [1.82, 2.24) is 24.6 Å². The van der Waals surface area contributed by atoms with Crippen molar-refractivity contribution in [2.24, 2.45) is 0 Å². The van der Waals surface area contributed by atoms with Crippen molar-refractivity contribution < 1.29 is 9.53 Å². The zero-order chi connectivity index (χ0) is 18.7. The third-order valence-electron chi connectivity index (χ3n) is 4.23. The number of carbonyl (C=O) groups excluding carboxylic acids is 1. The molecule has 0 bridgehead atoms. The summed E-state index contributed by atoms with van der Waals surface area (Å²) < 4.78 is 7.43. The van der Waals surface area contributed by atoms with Crippen LogP contribution in [0.3, 0.4) is 0 Å². The molecule has 0 fully saturated rings. The second-order valence-corrected chi connectivity index (χ2v) is 6.17. The van der Waals surface area contributed by atoms with Crippen LogP contribution in [0.15, 0.2) is 30.7 Å². The number of carbonyl (C=O) groups is 1. The minimum atomic E-state index is -0.0662. The smallest absolute Gasteiger partial charge is 0.260 e. The highest BCUT2D eigenvalue weighted by Gasteiger charge is 2.15. The van der Waals surface area contributed by atoms with E-state index >= 15 is 0 Å². The number of amides is 1. The molecule has 26 heavy (non-hydrogen) atoms. The highest BCUT2D eigenvalue weighted by Crippen LogP contribution is 2.24. The summed E-state index contributed by atoms with van der Waals surface area (Å²) in [7, 11) is 0. The van der Waals surface area contributed by atoms with E-state index in [0.717, 1.165) is 16.8 Å². The maximum absolute atomic E-state index is 12.2. The first-order valence-corrected chi connectivity index (χ1v) is 8.71. The number of ether oxygens (including phenoxy) is 1. The van der Waals surface area contributed by atoms with Gasteiger partial charge in [-0.15, -0.1) is 0 Å². The van der Waals surface area contributed by atoms with Crippen LogP contribution in [0.4, 0.5) is 0 Å². The Bertz CT molecular complexity index is 911. The molecule has 136 valence electrons. The van der Waals surface area contributed by atoms with E-state index in [4.69, 9.17) is 4.74 Å². The average Bonchev–Trinajstić information content (AvgIpc) is 3.05. The van der Waals surface area contributed by atoms with Crippen LogP contribution < -0.4 is 4.74 Å². The van der Waals surface area contributed by atoms with Gasteiger partial charge in [-0.05, 0) is 51.0 Å². The number of aromatic nitrogens is 4. The second-order valence-electron chi connectivity index (χ2n) is 6.17. The molecule has 7 nitrogen and oxygen atoms in total. The summed E-state index contributed by atoms with van der Waals surface area (Å²) in [5, 5.41) is 5.12. The van der Waals surface area contributed by atoms with E-state index in [0.29, 0.717) is 30.0 Å². The molecule has 0 unspecified atom stereocenters. The monoisotopic (exact) mass is 353 g/mol. The summed E-state index contributed by atoms with van der Waals surface area (Å²) in [6.07, 6.45) is 3.10. The highest BCUT2D eigenvalue weighted by molar-refractivity contribution is 5.82. The van der Waals surface area contributed by atoms with Crippen molar-refractivity contribution in [1.29, 1.82) is 0 Å². The Morgan fingerprint density at radius 2 is 1.81 bits per heavy atom. The fourth-order valence-electron chi connectivity index (χ4n) is 3.00. The molecule has 2 heterocycles. The molecule has 3 aromatic rings. The largest absolute Gasteiger partial charge is 0.467 e. The summed E-state index contributed by atoms with van der Waals surface area (Å²) in [6.45, 7) is 9.24. The number of fused-ring (bicyclic) bond motifs is 1. The van der Waals surface area contributed by atoms with Gasteiger partial charge in [0, 0.05) is 13.1 Å². The molecule has 0 saturated carbocycles. The summed E-state index contributed by atoms with van der Waals surface area (Å²) in [6, 6.07) is 6.20. The van der Waals surface area contributed by atoms with Gasteiger partial charge >= 0.3 is 0 Å². The van der Waals surface area contributed by atoms with Crippen LogP contribution in [0.1, 0.15) is 25.0 Å². The lowest BCUT2D eigenvalue weighted by Crippen LogP contribution is -2.34. The van der Waals surface area contributed by atoms with Crippen LogP contribution in [0.2, 0.25) is 0 Å². The van der Waals surface area contributed by atoms with Crippen LogP contribution in [0.5, 0.6) is 5.88 Å². The van der Waals surface area contributed by atoms with Crippen molar-refractivity contribution in [3.63, 3.8) is 0 Å². The molecular formula is C19H23N5O2. The SMILES string of the molecule is CCN(CC)C(=O)COc1ncnc2c1cnn2-c1cc(C)cc(C)c1. The quantitative estimate of drug-likeness (QED) is 0.681. The molecule has 0 spiro atoms. The molecule has 0 aliphatic carbocycles. The van der Waals surface area contributed by atoms with E-state index in [1.807, 2.05) is 39.8 Å². The third kappa shape index (κ3) is 3.51. The highest BCUT2D eigenvalue weighted by atomic mass is 16.5. The van der Waals surface area contributed by atoms with Gasteiger partial charge < -0.3 is 9.64 Å². The molecule has 0 radical (unpaired) electrons. The number of benzene rings is 1. The maximum atomic E-state index is 12.2. The molecule has 3 rings (SSSR count). The predicted octanol–water partition coefficient (Wildman–Crippen LogP) is 2.68. The molecule has 1 aromatic carbocycles. The van der Waals surface area contributed by atoms with Gasteiger partial charge in [0.2, 0.25) is 5.88 Å². The van der Waals surface area contributed by atoms with Gasteiger partial charge in [0.15, 0.2) is 12.3 Å². The normalized spacial score (nSPS) is 10.9. The number of hydrogen-bond acceptors (Lipinski definition) is 5. The Morgan fingerprint density at radius 3 is 2.46 bits per heavy atom. The zero-order valence-electron chi connectivity index (χ0n) is 15.6. The summed E-state index contributed by atoms with van der Waals surface area (Å²) in [4.78, 5) is 22.4. The zero-order valence-corrected chi connectivity index (χ0v) is 15.6. The number of likely N-dealkylation sites (N-methyl/N-ethyl adjacent to an activating group) is 1. The fourth-order valence-corrected chi connectivity index (χ4v) is 3.00. The van der Waals surface area contributed by atoms with Gasteiger partial charge in [-0.2, -0.15) is 5.10 Å². The van der Waals surface area contributed by atoms with Crippen LogP contribution in [-0.4, -0.2) is 50.3 Å². The summed E-state index contributed by atoms with van der Waals surface area (Å²) in [5.74, 6) is 0.301. The van der Waals surface area contributed by atoms with Gasteiger partial charge in [-0.25, -0.2) is 14.6 Å². The number of aryl methyl sites for hydroxylation is 2. The Morgan fingerprint density at radius 1 is 1.12 bits per heavy atom. The van der Waals surface area contributed by atoms with Gasteiger partial charge in [0.05, 0.1) is 11.9 Å². The lowest BCUT2D eigenvalue weighted by molar-refractivity contribution is -0.133. The Kier molecular flexibility index (Phi) is 5.16. The summed E-state index contributed by atoms with van der Waals surface area (Å²) >= 11 is 0. The second kappa shape index (κ2) is 7.51. The maximum Gasteiger partial charge on any atom is 0.260 e. The van der Waals surface area contributed by atoms with Crippen molar-refractivity contribution in [3.8, 4) is 11.6 Å². The molecule has 0 aliphatic rings. The summed E-state index contributed by atoms with van der Waals surface area (Å²) in [5.41, 5.74) is 3.88. The van der Waals surface area contributed by atoms with E-state index < -0.39 is 0 Å². The third-order valence-corrected chi connectivity index (χ3v) is 4.23. The van der Waals surface area contributed by atoms with Gasteiger partial charge in [0.1, 0.15) is 11.7 Å². The molecule has 7 heteroatoms. The van der Waals surface area contributed by atoms with Crippen LogP contribution >= 0.6 is 0 Å². The minimum absolute atomic E-state index is 0.0530.